The molecule has 0 aliphatic carbocycles. The van der Waals surface area contributed by atoms with E-state index < -0.39 is 31.9 Å². The van der Waals surface area contributed by atoms with Crippen molar-refractivity contribution in [2.75, 3.05) is 0 Å². The largest absolute Gasteiger partial charge is 0.508 e. The van der Waals surface area contributed by atoms with Crippen molar-refractivity contribution in [1.29, 1.82) is 0 Å². The van der Waals surface area contributed by atoms with Gasteiger partial charge >= 0.3 is 0 Å². The fraction of sp³-hybridized carbons (Fsp3) is 0.0526. The van der Waals surface area contributed by atoms with E-state index in [2.05, 4.69) is 0 Å². The Balaban J connectivity index is 2.60. The van der Waals surface area contributed by atoms with Gasteiger partial charge in [-0.1, -0.05) is 64.6 Å². The molecule has 1 unspecified atom stereocenters. The SMILES string of the molecule is O=S(=O)(O)C(c1cccc(Cl)c1)(c1ccc(Cl)c(Cl)c1)c1cc(O)cc(Cl)c1O. The summed E-state index contributed by atoms with van der Waals surface area (Å²) in [6, 6.07) is 11.6. The van der Waals surface area contributed by atoms with Crippen LogP contribution in [-0.2, 0) is 14.9 Å². The highest BCUT2D eigenvalue weighted by atomic mass is 35.5. The second-order valence-electron chi connectivity index (χ2n) is 6.12. The minimum Gasteiger partial charge on any atom is -0.508 e. The molecule has 0 saturated carbocycles. The van der Waals surface area contributed by atoms with Gasteiger partial charge in [0.2, 0.25) is 0 Å². The maximum atomic E-state index is 12.9. The van der Waals surface area contributed by atoms with Gasteiger partial charge in [0.25, 0.3) is 10.1 Å². The minimum atomic E-state index is -5.08. The van der Waals surface area contributed by atoms with E-state index in [-0.39, 0.29) is 31.2 Å². The Bertz CT molecular complexity index is 1210. The van der Waals surface area contributed by atoms with Gasteiger partial charge in [-0.05, 0) is 41.5 Å². The Hall–Kier alpha value is -1.67. The normalized spacial score (nSPS) is 13.8. The first-order valence-corrected chi connectivity index (χ1v) is 10.8. The third kappa shape index (κ3) is 3.77. The molecule has 0 aliphatic rings. The molecule has 152 valence electrons. The lowest BCUT2D eigenvalue weighted by Crippen LogP contribution is -2.38. The van der Waals surface area contributed by atoms with Gasteiger partial charge in [-0.15, -0.1) is 0 Å². The van der Waals surface area contributed by atoms with E-state index in [9.17, 15) is 23.2 Å². The summed E-state index contributed by atoms with van der Waals surface area (Å²) >= 11 is 24.1. The van der Waals surface area contributed by atoms with Crippen molar-refractivity contribution in [1.82, 2.24) is 0 Å². The first kappa shape index (κ1) is 22.0. The van der Waals surface area contributed by atoms with Crippen molar-refractivity contribution in [2.45, 2.75) is 4.75 Å². The summed E-state index contributed by atoms with van der Waals surface area (Å²) in [5.41, 5.74) is -0.484. The van der Waals surface area contributed by atoms with Crippen molar-refractivity contribution < 1.29 is 23.2 Å². The molecule has 0 aliphatic heterocycles. The van der Waals surface area contributed by atoms with Crippen molar-refractivity contribution in [3.8, 4) is 11.5 Å². The first-order valence-electron chi connectivity index (χ1n) is 7.89. The summed E-state index contributed by atoms with van der Waals surface area (Å²) in [6.07, 6.45) is 0. The average molecular weight is 494 g/mol. The van der Waals surface area contributed by atoms with Crippen LogP contribution in [-0.4, -0.2) is 23.2 Å². The van der Waals surface area contributed by atoms with Gasteiger partial charge in [-0.3, -0.25) is 4.55 Å². The van der Waals surface area contributed by atoms with Gasteiger partial charge in [-0.2, -0.15) is 8.42 Å². The highest BCUT2D eigenvalue weighted by Gasteiger charge is 2.51. The molecule has 10 heteroatoms. The molecule has 3 aromatic carbocycles. The molecular weight excluding hydrogens is 482 g/mol. The standard InChI is InChI=1S/C19H12Cl4O5S/c20-12-3-1-2-10(6-12)19(29(26,27)28,11-4-5-15(21)16(22)7-11)14-8-13(24)9-17(23)18(14)25/h1-9,24-25H,(H,26,27,28). The molecule has 0 heterocycles. The zero-order valence-electron chi connectivity index (χ0n) is 14.3. The number of benzene rings is 3. The Morgan fingerprint density at radius 1 is 0.759 bits per heavy atom. The van der Waals surface area contributed by atoms with Crippen LogP contribution in [0, 0.1) is 0 Å². The van der Waals surface area contributed by atoms with Crippen LogP contribution in [0.3, 0.4) is 0 Å². The lowest BCUT2D eigenvalue weighted by molar-refractivity contribution is 0.435. The summed E-state index contributed by atoms with van der Waals surface area (Å²) in [6.45, 7) is 0. The molecule has 29 heavy (non-hydrogen) atoms. The quantitative estimate of drug-likeness (QED) is 0.239. The van der Waals surface area contributed by atoms with Crippen molar-refractivity contribution in [3.63, 3.8) is 0 Å². The van der Waals surface area contributed by atoms with Gasteiger partial charge in [0.15, 0.2) is 4.75 Å². The number of phenols is 2. The van der Waals surface area contributed by atoms with E-state index in [0.29, 0.717) is 0 Å². The molecule has 0 amide bonds. The highest BCUT2D eigenvalue weighted by Crippen LogP contribution is 2.50. The van der Waals surface area contributed by atoms with Crippen LogP contribution in [0.4, 0.5) is 0 Å². The Morgan fingerprint density at radius 3 is 2.00 bits per heavy atom. The smallest absolute Gasteiger partial charge is 0.283 e. The second kappa shape index (κ2) is 7.87. The molecule has 3 aromatic rings. The van der Waals surface area contributed by atoms with Crippen LogP contribution in [0.25, 0.3) is 0 Å². The predicted octanol–water partition coefficient (Wildman–Crippen LogP) is 5.89. The molecular formula is C19H12Cl4O5S. The van der Waals surface area contributed by atoms with Crippen molar-refractivity contribution >= 4 is 56.5 Å². The molecule has 1 atom stereocenters. The van der Waals surface area contributed by atoms with Crippen molar-refractivity contribution in [3.05, 3.63) is 91.4 Å². The van der Waals surface area contributed by atoms with E-state index >= 15 is 0 Å². The molecule has 0 aromatic heterocycles. The van der Waals surface area contributed by atoms with Gasteiger partial charge < -0.3 is 10.2 Å². The topological polar surface area (TPSA) is 94.8 Å². The fourth-order valence-electron chi connectivity index (χ4n) is 3.19. The number of halogens is 4. The summed E-state index contributed by atoms with van der Waals surface area (Å²) < 4.78 is 33.9. The number of hydrogen-bond acceptors (Lipinski definition) is 4. The fourth-order valence-corrected chi connectivity index (χ4v) is 5.18. The van der Waals surface area contributed by atoms with Gasteiger partial charge in [0.05, 0.1) is 15.1 Å². The lowest BCUT2D eigenvalue weighted by atomic mass is 9.83. The van der Waals surface area contributed by atoms with Crippen LogP contribution in [0.5, 0.6) is 11.5 Å². The third-order valence-electron chi connectivity index (χ3n) is 4.37. The van der Waals surface area contributed by atoms with Gasteiger partial charge in [0, 0.05) is 16.7 Å². The Labute approximate surface area is 186 Å². The van der Waals surface area contributed by atoms with E-state index in [1.54, 1.807) is 0 Å². The molecule has 5 nitrogen and oxygen atoms in total. The monoisotopic (exact) mass is 492 g/mol. The molecule has 0 fully saturated rings. The first-order chi connectivity index (χ1) is 13.5. The number of rotatable bonds is 4. The van der Waals surface area contributed by atoms with Crippen LogP contribution < -0.4 is 0 Å². The summed E-state index contributed by atoms with van der Waals surface area (Å²) in [7, 11) is -5.08. The van der Waals surface area contributed by atoms with E-state index in [1.807, 2.05) is 0 Å². The highest BCUT2D eigenvalue weighted by molar-refractivity contribution is 7.87. The summed E-state index contributed by atoms with van der Waals surface area (Å²) in [5.74, 6) is -1.09. The van der Waals surface area contributed by atoms with Crippen LogP contribution in [0.15, 0.2) is 54.6 Å². The average Bonchev–Trinajstić information content (AvgIpc) is 2.61. The molecule has 3 N–H and O–H groups in total. The lowest BCUT2D eigenvalue weighted by Gasteiger charge is -2.33. The summed E-state index contributed by atoms with van der Waals surface area (Å²) in [4.78, 5) is 0. The van der Waals surface area contributed by atoms with Crippen molar-refractivity contribution in [2.24, 2.45) is 0 Å². The predicted molar refractivity (Wildman–Crippen MR) is 114 cm³/mol. The number of aromatic hydroxyl groups is 2. The maximum absolute atomic E-state index is 12.9. The second-order valence-corrected chi connectivity index (χ2v) is 9.34. The number of hydrogen-bond donors (Lipinski definition) is 3. The van der Waals surface area contributed by atoms with Crippen LogP contribution in [0.1, 0.15) is 16.7 Å². The zero-order chi connectivity index (χ0) is 21.6. The van der Waals surface area contributed by atoms with E-state index in [4.69, 9.17) is 46.4 Å². The van der Waals surface area contributed by atoms with Gasteiger partial charge in [0.1, 0.15) is 11.5 Å². The molecule has 0 spiro atoms. The van der Waals surface area contributed by atoms with E-state index in [0.717, 1.165) is 12.1 Å². The molecule has 3 rings (SSSR count). The Kier molecular flexibility index (Phi) is 5.98. The van der Waals surface area contributed by atoms with Crippen LogP contribution in [0.2, 0.25) is 20.1 Å². The summed E-state index contributed by atoms with van der Waals surface area (Å²) in [5, 5.41) is 20.7. The number of phenolic OH excluding ortho intramolecular Hbond substituents is 2. The van der Waals surface area contributed by atoms with Crippen LogP contribution >= 0.6 is 46.4 Å². The molecule has 0 saturated heterocycles. The molecule has 0 radical (unpaired) electrons. The Morgan fingerprint density at radius 2 is 1.41 bits per heavy atom. The van der Waals surface area contributed by atoms with E-state index in [1.165, 1.54) is 42.5 Å². The maximum Gasteiger partial charge on any atom is 0.283 e. The zero-order valence-corrected chi connectivity index (χ0v) is 18.1. The van der Waals surface area contributed by atoms with Gasteiger partial charge in [-0.25, -0.2) is 0 Å². The molecule has 0 bridgehead atoms. The third-order valence-corrected chi connectivity index (χ3v) is 7.10. The minimum absolute atomic E-state index is 0.00459.